The van der Waals surface area contributed by atoms with E-state index in [1.54, 1.807) is 19.2 Å². The van der Waals surface area contributed by atoms with E-state index in [1.165, 1.54) is 5.56 Å². The minimum Gasteiger partial charge on any atom is -0.366 e. The third kappa shape index (κ3) is 5.33. The quantitative estimate of drug-likeness (QED) is 0.530. The van der Waals surface area contributed by atoms with E-state index in [2.05, 4.69) is 57.8 Å². The molecule has 3 rings (SSSR count). The Morgan fingerprint density at radius 2 is 1.86 bits per heavy atom. The molecular formula is C22H29N5O. The highest BCUT2D eigenvalue weighted by molar-refractivity contribution is 5.92. The third-order valence-electron chi connectivity index (χ3n) is 5.20. The monoisotopic (exact) mass is 379 g/mol. The van der Waals surface area contributed by atoms with E-state index in [0.717, 1.165) is 31.0 Å². The maximum absolute atomic E-state index is 11.2. The van der Waals surface area contributed by atoms with Gasteiger partial charge in [-0.25, -0.2) is 0 Å². The first-order valence-corrected chi connectivity index (χ1v) is 9.69. The summed E-state index contributed by atoms with van der Waals surface area (Å²) in [6.07, 6.45) is 1.08. The van der Waals surface area contributed by atoms with E-state index in [1.807, 2.05) is 12.1 Å². The second-order valence-electron chi connectivity index (χ2n) is 7.33. The number of hydrogen-bond acceptors (Lipinski definition) is 3. The average molecular weight is 380 g/mol. The van der Waals surface area contributed by atoms with E-state index in [9.17, 15) is 4.79 Å². The van der Waals surface area contributed by atoms with E-state index < -0.39 is 5.91 Å². The number of aliphatic imine (C=N–C) groups is 1. The number of amides is 1. The summed E-state index contributed by atoms with van der Waals surface area (Å²) in [5.41, 5.74) is 8.21. The molecule has 28 heavy (non-hydrogen) atoms. The van der Waals surface area contributed by atoms with Gasteiger partial charge in [-0.3, -0.25) is 14.7 Å². The summed E-state index contributed by atoms with van der Waals surface area (Å²) in [6.45, 7) is 4.87. The van der Waals surface area contributed by atoms with Crippen molar-refractivity contribution < 1.29 is 4.79 Å². The van der Waals surface area contributed by atoms with Gasteiger partial charge in [0, 0.05) is 44.3 Å². The minimum atomic E-state index is -0.410. The molecule has 1 aliphatic rings. The van der Waals surface area contributed by atoms with Crippen LogP contribution >= 0.6 is 0 Å². The van der Waals surface area contributed by atoms with Gasteiger partial charge in [0.15, 0.2) is 5.96 Å². The van der Waals surface area contributed by atoms with Crippen molar-refractivity contribution in [2.45, 2.75) is 38.5 Å². The number of guanidine groups is 1. The molecule has 1 saturated heterocycles. The molecule has 6 heteroatoms. The molecule has 2 unspecified atom stereocenters. The second kappa shape index (κ2) is 9.37. The molecule has 1 heterocycles. The van der Waals surface area contributed by atoms with Gasteiger partial charge < -0.3 is 16.4 Å². The Balaban J connectivity index is 1.50. The molecule has 0 saturated carbocycles. The zero-order valence-electron chi connectivity index (χ0n) is 16.6. The molecule has 2 atom stereocenters. The topological polar surface area (TPSA) is 82.7 Å². The van der Waals surface area contributed by atoms with Crippen LogP contribution in [0.1, 0.15) is 34.8 Å². The summed E-state index contributed by atoms with van der Waals surface area (Å²) in [4.78, 5) is 18.0. The van der Waals surface area contributed by atoms with Crippen LogP contribution in [0.25, 0.3) is 0 Å². The fourth-order valence-corrected chi connectivity index (χ4v) is 3.60. The Labute approximate surface area is 166 Å². The van der Waals surface area contributed by atoms with Crippen molar-refractivity contribution in [1.29, 1.82) is 0 Å². The van der Waals surface area contributed by atoms with Crippen molar-refractivity contribution >= 4 is 11.9 Å². The number of rotatable bonds is 6. The van der Waals surface area contributed by atoms with Crippen LogP contribution in [0.4, 0.5) is 0 Å². The molecule has 148 valence electrons. The van der Waals surface area contributed by atoms with Crippen molar-refractivity contribution in [2.24, 2.45) is 10.7 Å². The molecule has 1 aliphatic heterocycles. The Morgan fingerprint density at radius 3 is 2.50 bits per heavy atom. The lowest BCUT2D eigenvalue weighted by atomic mass is 10.1. The Hall–Kier alpha value is -2.86. The van der Waals surface area contributed by atoms with Gasteiger partial charge in [-0.1, -0.05) is 42.5 Å². The van der Waals surface area contributed by atoms with Crippen molar-refractivity contribution in [3.63, 3.8) is 0 Å². The van der Waals surface area contributed by atoms with Crippen molar-refractivity contribution in [1.82, 2.24) is 15.5 Å². The Morgan fingerprint density at radius 1 is 1.14 bits per heavy atom. The van der Waals surface area contributed by atoms with Crippen LogP contribution in [0.2, 0.25) is 0 Å². The molecule has 0 bridgehead atoms. The molecule has 1 fully saturated rings. The fraction of sp³-hybridized carbons (Fsp3) is 0.364. The third-order valence-corrected chi connectivity index (χ3v) is 5.20. The van der Waals surface area contributed by atoms with Gasteiger partial charge in [0.25, 0.3) is 0 Å². The summed E-state index contributed by atoms with van der Waals surface area (Å²) in [5, 5.41) is 6.88. The fourth-order valence-electron chi connectivity index (χ4n) is 3.60. The number of primary amides is 1. The Kier molecular flexibility index (Phi) is 6.66. The van der Waals surface area contributed by atoms with Crippen LogP contribution in [0.5, 0.6) is 0 Å². The first-order chi connectivity index (χ1) is 13.5. The predicted octanol–water partition coefficient (Wildman–Crippen LogP) is 2.11. The van der Waals surface area contributed by atoms with E-state index in [4.69, 9.17) is 5.73 Å². The number of benzene rings is 2. The van der Waals surface area contributed by atoms with Crippen LogP contribution in [0, 0.1) is 0 Å². The molecule has 2 aromatic carbocycles. The van der Waals surface area contributed by atoms with Gasteiger partial charge in [0.2, 0.25) is 5.91 Å². The van der Waals surface area contributed by atoms with Crippen molar-refractivity contribution in [3.8, 4) is 0 Å². The first kappa shape index (κ1) is 19.9. The highest BCUT2D eigenvalue weighted by Gasteiger charge is 2.29. The zero-order chi connectivity index (χ0) is 19.9. The molecule has 0 aliphatic carbocycles. The maximum atomic E-state index is 11.2. The first-order valence-electron chi connectivity index (χ1n) is 9.69. The normalized spacial score (nSPS) is 20.1. The van der Waals surface area contributed by atoms with Gasteiger partial charge in [-0.2, -0.15) is 0 Å². The van der Waals surface area contributed by atoms with Gasteiger partial charge in [0.1, 0.15) is 0 Å². The SMILES string of the molecule is CN=C(NCc1ccc(C(N)=O)cc1)NC1CC(C)N(Cc2ccccc2)C1. The molecule has 0 radical (unpaired) electrons. The number of nitrogens with zero attached hydrogens (tertiary/aromatic N) is 2. The van der Waals surface area contributed by atoms with E-state index >= 15 is 0 Å². The number of hydrogen-bond donors (Lipinski definition) is 3. The van der Waals surface area contributed by atoms with Crippen LogP contribution < -0.4 is 16.4 Å². The lowest BCUT2D eigenvalue weighted by Gasteiger charge is -2.21. The number of carbonyl (C=O) groups is 1. The molecule has 1 amide bonds. The average Bonchev–Trinajstić information content (AvgIpc) is 3.05. The summed E-state index contributed by atoms with van der Waals surface area (Å²) in [6, 6.07) is 18.8. The number of nitrogens with one attached hydrogen (secondary N) is 2. The number of nitrogens with two attached hydrogens (primary N) is 1. The second-order valence-corrected chi connectivity index (χ2v) is 7.33. The molecule has 4 N–H and O–H groups in total. The smallest absolute Gasteiger partial charge is 0.248 e. The molecule has 0 aromatic heterocycles. The molecule has 2 aromatic rings. The number of carbonyl (C=O) groups excluding carboxylic acids is 1. The lowest BCUT2D eigenvalue weighted by molar-refractivity contribution is 0.100. The van der Waals surface area contributed by atoms with Gasteiger partial charge in [-0.15, -0.1) is 0 Å². The Bertz CT molecular complexity index is 803. The van der Waals surface area contributed by atoms with E-state index in [0.29, 0.717) is 24.2 Å². The highest BCUT2D eigenvalue weighted by Crippen LogP contribution is 2.20. The lowest BCUT2D eigenvalue weighted by Crippen LogP contribution is -2.44. The van der Waals surface area contributed by atoms with Crippen LogP contribution in [0.3, 0.4) is 0 Å². The molecular weight excluding hydrogens is 350 g/mol. The molecule has 6 nitrogen and oxygen atoms in total. The molecule has 0 spiro atoms. The van der Waals surface area contributed by atoms with Crippen LogP contribution in [-0.4, -0.2) is 42.4 Å². The summed E-state index contributed by atoms with van der Waals surface area (Å²) in [5.74, 6) is 0.380. The highest BCUT2D eigenvalue weighted by atomic mass is 16.1. The summed E-state index contributed by atoms with van der Waals surface area (Å²) in [7, 11) is 1.78. The van der Waals surface area contributed by atoms with Gasteiger partial charge in [-0.05, 0) is 36.6 Å². The summed E-state index contributed by atoms with van der Waals surface area (Å²) < 4.78 is 0. The standard InChI is InChI=1S/C22H29N5O/c1-16-12-20(15-27(16)14-18-6-4-3-5-7-18)26-22(24-2)25-13-17-8-10-19(11-9-17)21(23)28/h3-11,16,20H,12-15H2,1-2H3,(H2,23,28)(H2,24,25,26). The van der Waals surface area contributed by atoms with E-state index in [-0.39, 0.29) is 0 Å². The van der Waals surface area contributed by atoms with Crippen LogP contribution in [0.15, 0.2) is 59.6 Å². The van der Waals surface area contributed by atoms with Gasteiger partial charge in [0.05, 0.1) is 0 Å². The van der Waals surface area contributed by atoms with Crippen molar-refractivity contribution in [3.05, 3.63) is 71.3 Å². The van der Waals surface area contributed by atoms with Crippen molar-refractivity contribution in [2.75, 3.05) is 13.6 Å². The summed E-state index contributed by atoms with van der Waals surface area (Å²) >= 11 is 0. The van der Waals surface area contributed by atoms with Gasteiger partial charge >= 0.3 is 0 Å². The minimum absolute atomic E-state index is 0.363. The zero-order valence-corrected chi connectivity index (χ0v) is 16.6. The van der Waals surface area contributed by atoms with Crippen LogP contribution in [-0.2, 0) is 13.1 Å². The largest absolute Gasteiger partial charge is 0.366 e. The predicted molar refractivity (Wildman–Crippen MR) is 113 cm³/mol. The maximum Gasteiger partial charge on any atom is 0.248 e. The number of likely N-dealkylation sites (tertiary alicyclic amines) is 1.